The van der Waals surface area contributed by atoms with Crippen LogP contribution in [0.5, 0.6) is 0 Å². The van der Waals surface area contributed by atoms with E-state index in [0.29, 0.717) is 18.0 Å². The van der Waals surface area contributed by atoms with Gasteiger partial charge in [-0.15, -0.1) is 11.3 Å². The van der Waals surface area contributed by atoms with Crippen molar-refractivity contribution < 1.29 is 14.7 Å². The molecule has 1 aliphatic rings. The lowest BCUT2D eigenvalue weighted by Gasteiger charge is -2.26. The number of carbonyl (C=O) groups is 2. The Bertz CT molecular complexity index is 405. The summed E-state index contributed by atoms with van der Waals surface area (Å²) in [7, 11) is 0. The second-order valence-electron chi connectivity index (χ2n) is 4.16. The van der Waals surface area contributed by atoms with Crippen LogP contribution in [0.1, 0.15) is 25.7 Å². The first-order valence-electron chi connectivity index (χ1n) is 5.61. The molecular weight excluding hydrogens is 240 g/mol. The number of carboxylic acid groups (broad SMARTS) is 1. The molecule has 92 valence electrons. The predicted molar refractivity (Wildman–Crippen MR) is 63.8 cm³/mol. The first-order valence-corrected chi connectivity index (χ1v) is 6.49. The van der Waals surface area contributed by atoms with Crippen LogP contribution in [0.2, 0.25) is 0 Å². The van der Waals surface area contributed by atoms with Crippen molar-refractivity contribution in [3.63, 3.8) is 0 Å². The minimum atomic E-state index is -0.871. The number of carbonyl (C=O) groups excluding carboxylic acids is 1. The second-order valence-corrected chi connectivity index (χ2v) is 5.06. The van der Waals surface area contributed by atoms with Gasteiger partial charge in [-0.2, -0.15) is 0 Å². The first-order chi connectivity index (χ1) is 8.18. The summed E-state index contributed by atoms with van der Waals surface area (Å²) in [4.78, 5) is 27.0. The van der Waals surface area contributed by atoms with Gasteiger partial charge in [-0.3, -0.25) is 9.59 Å². The standard InChI is InChI=1S/C11H14N2O3S/c14-9(13-11-12-5-6-17-11)7-3-1-2-4-8(7)10(15)16/h5-8H,1-4H2,(H,15,16)(H,12,13,14)/t7-,8-/m1/s1. The Balaban J connectivity index is 2.03. The fourth-order valence-corrected chi connectivity index (χ4v) is 2.76. The van der Waals surface area contributed by atoms with Gasteiger partial charge in [-0.05, 0) is 12.8 Å². The molecule has 1 aromatic rings. The van der Waals surface area contributed by atoms with Gasteiger partial charge in [0, 0.05) is 11.6 Å². The Kier molecular flexibility index (Phi) is 3.73. The van der Waals surface area contributed by atoms with Crippen LogP contribution in [0.15, 0.2) is 11.6 Å². The lowest BCUT2D eigenvalue weighted by Crippen LogP contribution is -2.36. The van der Waals surface area contributed by atoms with Gasteiger partial charge in [0.1, 0.15) is 0 Å². The molecule has 1 fully saturated rings. The Labute approximate surface area is 103 Å². The Hall–Kier alpha value is -1.43. The first kappa shape index (κ1) is 12.0. The zero-order chi connectivity index (χ0) is 12.3. The van der Waals surface area contributed by atoms with Crippen molar-refractivity contribution in [3.8, 4) is 0 Å². The normalized spacial score (nSPS) is 24.2. The SMILES string of the molecule is O=C(O)[C@@H]1CCCC[C@H]1C(=O)Nc1nccs1. The molecule has 0 aromatic carbocycles. The molecule has 2 rings (SSSR count). The molecule has 2 N–H and O–H groups in total. The molecule has 2 atom stereocenters. The number of aliphatic carboxylic acids is 1. The highest BCUT2D eigenvalue weighted by atomic mass is 32.1. The van der Waals surface area contributed by atoms with Crippen LogP contribution < -0.4 is 5.32 Å². The molecule has 5 nitrogen and oxygen atoms in total. The molecule has 1 aliphatic carbocycles. The van der Waals surface area contributed by atoms with E-state index in [1.165, 1.54) is 11.3 Å². The maximum absolute atomic E-state index is 12.0. The van der Waals surface area contributed by atoms with Crippen molar-refractivity contribution in [2.24, 2.45) is 11.8 Å². The number of amides is 1. The lowest BCUT2D eigenvalue weighted by atomic mass is 9.79. The number of hydrogen-bond acceptors (Lipinski definition) is 4. The van der Waals surface area contributed by atoms with Crippen molar-refractivity contribution in [2.75, 3.05) is 5.32 Å². The molecule has 1 amide bonds. The third-order valence-corrected chi connectivity index (χ3v) is 3.77. The molecule has 0 saturated heterocycles. The topological polar surface area (TPSA) is 79.3 Å². The van der Waals surface area contributed by atoms with Crippen LogP contribution in [0, 0.1) is 11.8 Å². The van der Waals surface area contributed by atoms with Crippen LogP contribution in [0.4, 0.5) is 5.13 Å². The van der Waals surface area contributed by atoms with E-state index >= 15 is 0 Å². The average molecular weight is 254 g/mol. The molecule has 1 heterocycles. The third kappa shape index (κ3) is 2.82. The summed E-state index contributed by atoms with van der Waals surface area (Å²) in [6, 6.07) is 0. The van der Waals surface area contributed by atoms with Crippen molar-refractivity contribution in [3.05, 3.63) is 11.6 Å². The Morgan fingerprint density at radius 1 is 1.35 bits per heavy atom. The predicted octanol–water partition coefficient (Wildman–Crippen LogP) is 1.97. The molecule has 0 aliphatic heterocycles. The minimum absolute atomic E-state index is 0.216. The van der Waals surface area contributed by atoms with Crippen LogP contribution in [-0.2, 0) is 9.59 Å². The van der Waals surface area contributed by atoms with Gasteiger partial charge in [-0.1, -0.05) is 12.8 Å². The van der Waals surface area contributed by atoms with E-state index in [9.17, 15) is 9.59 Å². The zero-order valence-corrected chi connectivity index (χ0v) is 10.1. The molecule has 6 heteroatoms. The number of aromatic nitrogens is 1. The van der Waals surface area contributed by atoms with Crippen LogP contribution >= 0.6 is 11.3 Å². The monoisotopic (exact) mass is 254 g/mol. The minimum Gasteiger partial charge on any atom is -0.481 e. The summed E-state index contributed by atoms with van der Waals surface area (Å²) in [5.74, 6) is -2.06. The number of thiazole rings is 1. The highest BCUT2D eigenvalue weighted by Gasteiger charge is 2.35. The number of nitrogens with one attached hydrogen (secondary N) is 1. The smallest absolute Gasteiger partial charge is 0.307 e. The molecule has 0 radical (unpaired) electrons. The van der Waals surface area contributed by atoms with Gasteiger partial charge in [0.15, 0.2) is 5.13 Å². The van der Waals surface area contributed by atoms with Crippen LogP contribution in [0.3, 0.4) is 0 Å². The largest absolute Gasteiger partial charge is 0.481 e. The molecule has 0 bridgehead atoms. The number of rotatable bonds is 3. The summed E-state index contributed by atoms with van der Waals surface area (Å²) in [5.41, 5.74) is 0. The van der Waals surface area contributed by atoms with E-state index in [0.717, 1.165) is 12.8 Å². The van der Waals surface area contributed by atoms with E-state index in [2.05, 4.69) is 10.3 Å². The highest BCUT2D eigenvalue weighted by molar-refractivity contribution is 7.13. The fraction of sp³-hybridized carbons (Fsp3) is 0.545. The highest BCUT2D eigenvalue weighted by Crippen LogP contribution is 2.31. The number of hydrogen-bond donors (Lipinski definition) is 2. The molecule has 0 spiro atoms. The number of carboxylic acids is 1. The quantitative estimate of drug-likeness (QED) is 0.864. The maximum Gasteiger partial charge on any atom is 0.307 e. The van der Waals surface area contributed by atoms with Gasteiger partial charge in [0.05, 0.1) is 11.8 Å². The number of nitrogens with zero attached hydrogens (tertiary/aromatic N) is 1. The molecular formula is C11H14N2O3S. The van der Waals surface area contributed by atoms with Crippen molar-refractivity contribution >= 4 is 28.3 Å². The van der Waals surface area contributed by atoms with Crippen molar-refractivity contribution in [1.29, 1.82) is 0 Å². The average Bonchev–Trinajstić information content (AvgIpc) is 2.81. The van der Waals surface area contributed by atoms with Crippen LogP contribution in [0.25, 0.3) is 0 Å². The summed E-state index contributed by atoms with van der Waals surface area (Å²) < 4.78 is 0. The van der Waals surface area contributed by atoms with Crippen LogP contribution in [-0.4, -0.2) is 22.0 Å². The van der Waals surface area contributed by atoms with Crippen molar-refractivity contribution in [1.82, 2.24) is 4.98 Å². The van der Waals surface area contributed by atoms with Gasteiger partial charge in [-0.25, -0.2) is 4.98 Å². The number of anilines is 1. The molecule has 17 heavy (non-hydrogen) atoms. The van der Waals surface area contributed by atoms with Gasteiger partial charge in [0.25, 0.3) is 0 Å². The Morgan fingerprint density at radius 2 is 2.06 bits per heavy atom. The Morgan fingerprint density at radius 3 is 2.65 bits per heavy atom. The maximum atomic E-state index is 12.0. The van der Waals surface area contributed by atoms with Crippen molar-refractivity contribution in [2.45, 2.75) is 25.7 Å². The van der Waals surface area contributed by atoms with Gasteiger partial charge in [0.2, 0.25) is 5.91 Å². The second kappa shape index (κ2) is 5.27. The van der Waals surface area contributed by atoms with E-state index < -0.39 is 17.8 Å². The molecule has 0 unspecified atom stereocenters. The fourth-order valence-electron chi connectivity index (χ4n) is 2.22. The van der Waals surface area contributed by atoms with Gasteiger partial charge < -0.3 is 10.4 Å². The summed E-state index contributed by atoms with van der Waals surface area (Å²) in [6.45, 7) is 0. The third-order valence-electron chi connectivity index (χ3n) is 3.08. The molecule has 1 aromatic heterocycles. The zero-order valence-electron chi connectivity index (χ0n) is 9.26. The van der Waals surface area contributed by atoms with E-state index in [4.69, 9.17) is 5.11 Å². The summed E-state index contributed by atoms with van der Waals surface area (Å²) in [5, 5.41) is 14.1. The van der Waals surface area contributed by atoms with Gasteiger partial charge >= 0.3 is 5.97 Å². The van der Waals surface area contributed by atoms with E-state index in [1.807, 2.05) is 0 Å². The van der Waals surface area contributed by atoms with E-state index in [1.54, 1.807) is 11.6 Å². The molecule has 1 saturated carbocycles. The summed E-state index contributed by atoms with van der Waals surface area (Å²) in [6.07, 6.45) is 4.65. The lowest BCUT2D eigenvalue weighted by molar-refractivity contribution is -0.147. The summed E-state index contributed by atoms with van der Waals surface area (Å²) >= 11 is 1.33. The van der Waals surface area contributed by atoms with E-state index in [-0.39, 0.29) is 5.91 Å².